The summed E-state index contributed by atoms with van der Waals surface area (Å²) in [6, 6.07) is 5.60. The first-order valence-corrected chi connectivity index (χ1v) is 7.86. The topological polar surface area (TPSA) is 38.0 Å². The second-order valence-corrected chi connectivity index (χ2v) is 5.73. The maximum Gasteiger partial charge on any atom is 0.0489 e. The summed E-state index contributed by atoms with van der Waals surface area (Å²) in [7, 11) is 0. The Hall–Kier alpha value is -0.280. The Labute approximate surface area is 126 Å². The summed E-state index contributed by atoms with van der Waals surface area (Å²) in [5, 5.41) is 1.36. The minimum absolute atomic E-state index is 0.0346. The monoisotopic (exact) mass is 302 g/mol. The molecule has 0 amide bonds. The summed E-state index contributed by atoms with van der Waals surface area (Å²) < 4.78 is 0. The first kappa shape index (κ1) is 16.8. The fraction of sp³-hybridized carbons (Fsp3) is 0.600. The van der Waals surface area contributed by atoms with E-state index in [9.17, 15) is 0 Å². The predicted octanol–water partition coefficient (Wildman–Crippen LogP) is 5.25. The number of hydrazine groups is 1. The molecule has 0 bridgehead atoms. The molecule has 2 nitrogen and oxygen atoms in total. The second kappa shape index (κ2) is 9.60. The van der Waals surface area contributed by atoms with Crippen LogP contribution in [0.5, 0.6) is 0 Å². The molecule has 0 fully saturated rings. The van der Waals surface area contributed by atoms with Gasteiger partial charge >= 0.3 is 0 Å². The molecule has 3 N–H and O–H groups in total. The van der Waals surface area contributed by atoms with Gasteiger partial charge in [0.05, 0.1) is 0 Å². The van der Waals surface area contributed by atoms with Crippen LogP contribution in [0.1, 0.15) is 63.5 Å². The Bertz CT molecular complexity index is 349. The first-order valence-electron chi connectivity index (χ1n) is 7.10. The quantitative estimate of drug-likeness (QED) is 0.371. The van der Waals surface area contributed by atoms with Crippen LogP contribution >= 0.6 is 23.2 Å². The molecule has 0 saturated heterocycles. The molecule has 1 aromatic carbocycles. The van der Waals surface area contributed by atoms with E-state index in [0.717, 1.165) is 18.4 Å². The number of rotatable bonds is 9. The highest BCUT2D eigenvalue weighted by Gasteiger charge is 2.16. The number of nitrogens with two attached hydrogens (primary N) is 1. The number of benzene rings is 1. The Morgan fingerprint density at radius 1 is 1.05 bits per heavy atom. The predicted molar refractivity (Wildman–Crippen MR) is 84.5 cm³/mol. The summed E-state index contributed by atoms with van der Waals surface area (Å²) in [5.41, 5.74) is 3.75. The fourth-order valence-corrected chi connectivity index (χ4v) is 2.94. The van der Waals surface area contributed by atoms with Crippen LogP contribution in [0.4, 0.5) is 0 Å². The van der Waals surface area contributed by atoms with Gasteiger partial charge in [-0.15, -0.1) is 0 Å². The van der Waals surface area contributed by atoms with E-state index in [4.69, 9.17) is 29.0 Å². The van der Waals surface area contributed by atoms with Gasteiger partial charge in [-0.2, -0.15) is 0 Å². The highest BCUT2D eigenvalue weighted by atomic mass is 35.5. The van der Waals surface area contributed by atoms with Gasteiger partial charge in [-0.1, -0.05) is 74.7 Å². The van der Waals surface area contributed by atoms with Gasteiger partial charge < -0.3 is 0 Å². The van der Waals surface area contributed by atoms with Gasteiger partial charge in [0, 0.05) is 21.7 Å². The third kappa shape index (κ3) is 5.70. The molecule has 1 unspecified atom stereocenters. The summed E-state index contributed by atoms with van der Waals surface area (Å²) >= 11 is 12.4. The molecule has 4 heteroatoms. The maximum absolute atomic E-state index is 6.20. The average Bonchev–Trinajstić information content (AvgIpc) is 2.40. The van der Waals surface area contributed by atoms with E-state index in [-0.39, 0.29) is 6.04 Å². The molecule has 1 rings (SSSR count). The lowest BCUT2D eigenvalue weighted by Gasteiger charge is -2.19. The van der Waals surface area contributed by atoms with Crippen molar-refractivity contribution in [3.8, 4) is 0 Å². The van der Waals surface area contributed by atoms with Gasteiger partial charge in [-0.25, -0.2) is 0 Å². The normalized spacial score (nSPS) is 12.6. The third-order valence-electron chi connectivity index (χ3n) is 3.40. The average molecular weight is 303 g/mol. The number of nitrogens with one attached hydrogen (secondary N) is 1. The van der Waals surface area contributed by atoms with Crippen molar-refractivity contribution in [2.45, 2.75) is 57.9 Å². The Morgan fingerprint density at radius 3 is 2.21 bits per heavy atom. The van der Waals surface area contributed by atoms with Gasteiger partial charge in [-0.05, 0) is 18.6 Å². The standard InChI is InChI=1S/C15H24Cl2N2/c1-2-3-4-5-6-7-11-14(19-18)15-12(16)9-8-10-13(15)17/h8-10,14,19H,2-7,11,18H2,1H3. The molecular weight excluding hydrogens is 279 g/mol. The summed E-state index contributed by atoms with van der Waals surface area (Å²) in [4.78, 5) is 0. The number of hydrogen-bond donors (Lipinski definition) is 2. The molecule has 0 radical (unpaired) electrons. The molecule has 1 atom stereocenters. The van der Waals surface area contributed by atoms with Crippen LogP contribution < -0.4 is 11.3 Å². The maximum atomic E-state index is 6.20. The second-order valence-electron chi connectivity index (χ2n) is 4.91. The van der Waals surface area contributed by atoms with E-state index in [2.05, 4.69) is 12.3 Å². The van der Waals surface area contributed by atoms with E-state index >= 15 is 0 Å². The lowest BCUT2D eigenvalue weighted by Crippen LogP contribution is -2.28. The van der Waals surface area contributed by atoms with Gasteiger partial charge in [-0.3, -0.25) is 11.3 Å². The van der Waals surface area contributed by atoms with Gasteiger partial charge in [0.25, 0.3) is 0 Å². The first-order chi connectivity index (χ1) is 9.20. The van der Waals surface area contributed by atoms with Gasteiger partial charge in [0.1, 0.15) is 0 Å². The third-order valence-corrected chi connectivity index (χ3v) is 4.05. The van der Waals surface area contributed by atoms with Crippen LogP contribution in [0, 0.1) is 0 Å². The molecule has 0 aromatic heterocycles. The molecule has 0 heterocycles. The number of unbranched alkanes of at least 4 members (excludes halogenated alkanes) is 5. The van der Waals surface area contributed by atoms with Gasteiger partial charge in [0.15, 0.2) is 0 Å². The minimum atomic E-state index is 0.0346. The van der Waals surface area contributed by atoms with Crippen molar-refractivity contribution in [2.24, 2.45) is 5.84 Å². The van der Waals surface area contributed by atoms with Crippen molar-refractivity contribution in [1.82, 2.24) is 5.43 Å². The van der Waals surface area contributed by atoms with E-state index in [0.29, 0.717) is 10.0 Å². The molecule has 19 heavy (non-hydrogen) atoms. The largest absolute Gasteiger partial charge is 0.271 e. The lowest BCUT2D eigenvalue weighted by atomic mass is 10.00. The Balaban J connectivity index is 2.45. The molecule has 0 spiro atoms. The number of hydrogen-bond acceptors (Lipinski definition) is 2. The van der Waals surface area contributed by atoms with Crippen molar-refractivity contribution in [1.29, 1.82) is 0 Å². The molecule has 0 aliphatic heterocycles. The molecule has 0 aliphatic carbocycles. The Kier molecular flexibility index (Phi) is 8.47. The van der Waals surface area contributed by atoms with Gasteiger partial charge in [0.2, 0.25) is 0 Å². The van der Waals surface area contributed by atoms with Crippen LogP contribution in [0.3, 0.4) is 0 Å². The van der Waals surface area contributed by atoms with E-state index in [1.165, 1.54) is 32.1 Å². The SMILES string of the molecule is CCCCCCCCC(NN)c1c(Cl)cccc1Cl. The summed E-state index contributed by atoms with van der Waals surface area (Å²) in [5.74, 6) is 5.64. The van der Waals surface area contributed by atoms with Crippen molar-refractivity contribution in [3.05, 3.63) is 33.8 Å². The highest BCUT2D eigenvalue weighted by molar-refractivity contribution is 6.36. The summed E-state index contributed by atoms with van der Waals surface area (Å²) in [6.07, 6.45) is 8.56. The van der Waals surface area contributed by atoms with E-state index in [1.807, 2.05) is 18.2 Å². The van der Waals surface area contributed by atoms with E-state index < -0.39 is 0 Å². The fourth-order valence-electron chi connectivity index (χ4n) is 2.28. The van der Waals surface area contributed by atoms with Crippen LogP contribution in [0.15, 0.2) is 18.2 Å². The number of halogens is 2. The van der Waals surface area contributed by atoms with Crippen LogP contribution in [0.25, 0.3) is 0 Å². The van der Waals surface area contributed by atoms with Crippen LogP contribution in [0.2, 0.25) is 10.0 Å². The summed E-state index contributed by atoms with van der Waals surface area (Å²) in [6.45, 7) is 2.23. The molecule has 0 aliphatic rings. The smallest absolute Gasteiger partial charge is 0.0489 e. The van der Waals surface area contributed by atoms with Crippen molar-refractivity contribution >= 4 is 23.2 Å². The van der Waals surface area contributed by atoms with Crippen molar-refractivity contribution in [3.63, 3.8) is 0 Å². The zero-order valence-corrected chi connectivity index (χ0v) is 13.1. The zero-order chi connectivity index (χ0) is 14.1. The minimum Gasteiger partial charge on any atom is -0.271 e. The van der Waals surface area contributed by atoms with E-state index in [1.54, 1.807) is 0 Å². The molecule has 0 saturated carbocycles. The van der Waals surface area contributed by atoms with Crippen LogP contribution in [-0.4, -0.2) is 0 Å². The van der Waals surface area contributed by atoms with Crippen LogP contribution in [-0.2, 0) is 0 Å². The van der Waals surface area contributed by atoms with Crippen molar-refractivity contribution in [2.75, 3.05) is 0 Å². The molecular formula is C15H24Cl2N2. The Morgan fingerprint density at radius 2 is 1.63 bits per heavy atom. The molecule has 108 valence electrons. The molecule has 1 aromatic rings. The zero-order valence-electron chi connectivity index (χ0n) is 11.6. The highest BCUT2D eigenvalue weighted by Crippen LogP contribution is 2.32. The van der Waals surface area contributed by atoms with Crippen molar-refractivity contribution < 1.29 is 0 Å². The lowest BCUT2D eigenvalue weighted by molar-refractivity contribution is 0.477.